The smallest absolute Gasteiger partial charge is 0.338 e. The normalized spacial score (nSPS) is 31.3. The zero-order chi connectivity index (χ0) is 17.0. The highest BCUT2D eigenvalue weighted by Crippen LogP contribution is 2.68. The van der Waals surface area contributed by atoms with Crippen LogP contribution in [0.5, 0.6) is 0 Å². The van der Waals surface area contributed by atoms with Crippen LogP contribution in [0.15, 0.2) is 24.3 Å². The third-order valence-electron chi connectivity index (χ3n) is 4.72. The number of hydrogen-bond acceptors (Lipinski definition) is 4. The van der Waals surface area contributed by atoms with Crippen LogP contribution in [0, 0.1) is 21.4 Å². The van der Waals surface area contributed by atoms with Gasteiger partial charge in [0, 0.05) is 24.2 Å². The molecule has 1 aliphatic carbocycles. The molecular formula is C14H14F3N3O3. The van der Waals surface area contributed by atoms with E-state index in [1.165, 1.54) is 0 Å². The van der Waals surface area contributed by atoms with Gasteiger partial charge in [-0.05, 0) is 30.9 Å². The van der Waals surface area contributed by atoms with E-state index in [-0.39, 0.29) is 36.6 Å². The summed E-state index contributed by atoms with van der Waals surface area (Å²) in [6.45, 7) is 0. The van der Waals surface area contributed by atoms with E-state index in [2.05, 4.69) is 0 Å². The summed E-state index contributed by atoms with van der Waals surface area (Å²) in [4.78, 5) is 21.1. The van der Waals surface area contributed by atoms with Gasteiger partial charge in [0.2, 0.25) is 5.91 Å². The molecule has 1 aromatic carbocycles. The van der Waals surface area contributed by atoms with Gasteiger partial charge in [-0.15, -0.1) is 0 Å². The van der Waals surface area contributed by atoms with Gasteiger partial charge >= 0.3 is 6.05 Å². The number of non-ortho nitro benzene ring substituents is 1. The summed E-state index contributed by atoms with van der Waals surface area (Å²) in [7, 11) is 0. The average Bonchev–Trinajstić information content (AvgIpc) is 2.42. The Bertz CT molecular complexity index is 659. The van der Waals surface area contributed by atoms with E-state index < -0.39 is 28.6 Å². The van der Waals surface area contributed by atoms with Gasteiger partial charge in [0.25, 0.3) is 5.69 Å². The first-order valence-corrected chi connectivity index (χ1v) is 7.03. The van der Waals surface area contributed by atoms with E-state index in [9.17, 15) is 28.1 Å². The van der Waals surface area contributed by atoms with E-state index in [1.807, 2.05) is 0 Å². The lowest BCUT2D eigenvalue weighted by Gasteiger charge is -2.66. The van der Waals surface area contributed by atoms with Crippen molar-refractivity contribution in [2.75, 3.05) is 4.90 Å². The van der Waals surface area contributed by atoms with Crippen molar-refractivity contribution in [1.29, 1.82) is 0 Å². The van der Waals surface area contributed by atoms with Gasteiger partial charge in [-0.2, -0.15) is 8.78 Å². The van der Waals surface area contributed by atoms with Crippen molar-refractivity contribution >= 4 is 17.3 Å². The highest BCUT2D eigenvalue weighted by atomic mass is 19.3. The van der Waals surface area contributed by atoms with Crippen LogP contribution in [0.4, 0.5) is 24.5 Å². The maximum atomic E-state index is 14.4. The van der Waals surface area contributed by atoms with Crippen LogP contribution in [0.3, 0.4) is 0 Å². The lowest BCUT2D eigenvalue weighted by Crippen LogP contribution is -2.79. The second-order valence-electron chi connectivity index (χ2n) is 6.12. The number of carbonyl (C=O) groups is 1. The number of alkyl halides is 3. The van der Waals surface area contributed by atoms with Crippen LogP contribution in [-0.4, -0.2) is 23.2 Å². The van der Waals surface area contributed by atoms with Gasteiger partial charge in [0.15, 0.2) is 6.30 Å². The Morgan fingerprint density at radius 2 is 1.91 bits per heavy atom. The fourth-order valence-corrected chi connectivity index (χ4v) is 3.57. The molecule has 0 bridgehead atoms. The maximum absolute atomic E-state index is 14.4. The molecule has 1 atom stereocenters. The molecule has 1 heterocycles. The predicted octanol–water partition coefficient (Wildman–Crippen LogP) is 2.58. The molecule has 1 aliphatic heterocycles. The summed E-state index contributed by atoms with van der Waals surface area (Å²) in [5.41, 5.74) is 2.86. The minimum absolute atomic E-state index is 0.0257. The summed E-state index contributed by atoms with van der Waals surface area (Å²) in [5.74, 6) is -0.911. The fourth-order valence-electron chi connectivity index (χ4n) is 3.57. The molecule has 124 valence electrons. The molecule has 2 aliphatic rings. The molecule has 9 heteroatoms. The summed E-state index contributed by atoms with van der Waals surface area (Å²) < 4.78 is 43.3. The molecule has 1 unspecified atom stereocenters. The van der Waals surface area contributed by atoms with Gasteiger partial charge in [-0.1, -0.05) is 0 Å². The number of hydrogen-bond donors (Lipinski definition) is 1. The first-order chi connectivity index (χ1) is 10.7. The number of halogens is 3. The first kappa shape index (κ1) is 15.6. The van der Waals surface area contributed by atoms with Crippen molar-refractivity contribution in [2.45, 2.75) is 31.6 Å². The molecule has 1 amide bonds. The predicted molar refractivity (Wildman–Crippen MR) is 74.4 cm³/mol. The average molecular weight is 329 g/mol. The summed E-state index contributed by atoms with van der Waals surface area (Å²) in [6.07, 6.45) is -2.13. The Kier molecular flexibility index (Phi) is 3.27. The molecule has 23 heavy (non-hydrogen) atoms. The molecule has 6 nitrogen and oxygen atoms in total. The van der Waals surface area contributed by atoms with E-state index in [0.717, 1.165) is 24.3 Å². The van der Waals surface area contributed by atoms with E-state index in [1.54, 1.807) is 0 Å². The molecule has 1 spiro atoms. The molecular weight excluding hydrogens is 315 g/mol. The highest BCUT2D eigenvalue weighted by molar-refractivity contribution is 5.74. The second kappa shape index (κ2) is 4.84. The molecule has 3 rings (SSSR count). The Morgan fingerprint density at radius 3 is 2.35 bits per heavy atom. The molecule has 1 aromatic rings. The van der Waals surface area contributed by atoms with Gasteiger partial charge < -0.3 is 5.73 Å². The van der Waals surface area contributed by atoms with E-state index in [0.29, 0.717) is 4.90 Å². The van der Waals surface area contributed by atoms with Gasteiger partial charge in [0.05, 0.1) is 4.92 Å². The number of primary amides is 1. The van der Waals surface area contributed by atoms with Gasteiger partial charge in [-0.3, -0.25) is 19.8 Å². The number of anilines is 1. The SMILES string of the molecule is NC(=O)CC1CC2(C1)C(F)N(c1ccc([N+](=O)[O-])cc1)C2(F)F. The lowest BCUT2D eigenvalue weighted by molar-refractivity contribution is -0.384. The highest BCUT2D eigenvalue weighted by Gasteiger charge is 2.78. The number of benzene rings is 1. The molecule has 0 aromatic heterocycles. The molecule has 1 saturated heterocycles. The Hall–Kier alpha value is -2.32. The number of carbonyl (C=O) groups excluding carboxylic acids is 1. The first-order valence-electron chi connectivity index (χ1n) is 7.03. The zero-order valence-electron chi connectivity index (χ0n) is 11.9. The number of rotatable bonds is 4. The standard InChI is InChI=1S/C14H14F3N3O3/c15-12-13(6-8(7-13)5-11(18)21)14(16,17)19(12)9-1-3-10(4-2-9)20(22)23/h1-4,8,12H,5-7H2,(H2,18,21). The zero-order valence-corrected chi connectivity index (χ0v) is 11.9. The number of amides is 1. The maximum Gasteiger partial charge on any atom is 0.338 e. The molecule has 0 radical (unpaired) electrons. The third-order valence-corrected chi connectivity index (χ3v) is 4.72. The number of nitrogens with two attached hydrogens (primary N) is 1. The van der Waals surface area contributed by atoms with Crippen molar-refractivity contribution in [2.24, 2.45) is 17.1 Å². The molecule has 2 fully saturated rings. The van der Waals surface area contributed by atoms with Gasteiger partial charge in [-0.25, -0.2) is 4.39 Å². The Labute approximate surface area is 129 Å². The Morgan fingerprint density at radius 1 is 1.35 bits per heavy atom. The van der Waals surface area contributed by atoms with Crippen molar-refractivity contribution in [3.05, 3.63) is 34.4 Å². The second-order valence-corrected chi connectivity index (χ2v) is 6.12. The van der Waals surface area contributed by atoms with Crippen LogP contribution in [0.1, 0.15) is 19.3 Å². The summed E-state index contributed by atoms with van der Waals surface area (Å²) >= 11 is 0. The van der Waals surface area contributed by atoms with Crippen molar-refractivity contribution < 1.29 is 22.9 Å². The fraction of sp³-hybridized carbons (Fsp3) is 0.500. The topological polar surface area (TPSA) is 89.5 Å². The van der Waals surface area contributed by atoms with Crippen LogP contribution in [0.25, 0.3) is 0 Å². The molecule has 1 saturated carbocycles. The van der Waals surface area contributed by atoms with Crippen molar-refractivity contribution in [3.8, 4) is 0 Å². The molecule has 2 N–H and O–H groups in total. The quantitative estimate of drug-likeness (QED) is 0.522. The van der Waals surface area contributed by atoms with Crippen molar-refractivity contribution in [1.82, 2.24) is 0 Å². The summed E-state index contributed by atoms with van der Waals surface area (Å²) in [6, 6.07) is 0.909. The number of nitro groups is 1. The van der Waals surface area contributed by atoms with E-state index in [4.69, 9.17) is 5.73 Å². The number of nitro benzene ring substituents is 1. The van der Waals surface area contributed by atoms with Crippen molar-refractivity contribution in [3.63, 3.8) is 0 Å². The minimum Gasteiger partial charge on any atom is -0.370 e. The van der Waals surface area contributed by atoms with Crippen LogP contribution in [-0.2, 0) is 4.79 Å². The summed E-state index contributed by atoms with van der Waals surface area (Å²) in [5, 5.41) is 10.6. The third kappa shape index (κ3) is 2.06. The minimum atomic E-state index is -3.41. The van der Waals surface area contributed by atoms with Crippen LogP contribution >= 0.6 is 0 Å². The van der Waals surface area contributed by atoms with Gasteiger partial charge in [0.1, 0.15) is 5.41 Å². The van der Waals surface area contributed by atoms with Crippen LogP contribution in [0.2, 0.25) is 0 Å². The van der Waals surface area contributed by atoms with E-state index >= 15 is 0 Å². The number of nitrogens with zero attached hydrogens (tertiary/aromatic N) is 2. The monoisotopic (exact) mass is 329 g/mol. The largest absolute Gasteiger partial charge is 0.370 e. The van der Waals surface area contributed by atoms with Crippen LogP contribution < -0.4 is 10.6 Å². The Balaban J connectivity index is 1.77. The lowest BCUT2D eigenvalue weighted by atomic mass is 9.54.